The Hall–Kier alpha value is -7.63. The minimum atomic E-state index is -0.0949. The zero-order valence-electron chi connectivity index (χ0n) is 37.1. The maximum absolute atomic E-state index is 4.34. The van der Waals surface area contributed by atoms with E-state index in [-0.39, 0.29) is 10.5 Å². The molecule has 66 heavy (non-hydrogen) atoms. The van der Waals surface area contributed by atoms with Crippen molar-refractivity contribution in [3.05, 3.63) is 236 Å². The van der Waals surface area contributed by atoms with Crippen LogP contribution in [0.4, 0.5) is 34.1 Å². The Bertz CT molecular complexity index is 3540. The second kappa shape index (κ2) is 18.5. The molecule has 0 radical (unpaired) electrons. The third-order valence-corrected chi connectivity index (χ3v) is 13.6. The first-order valence-electron chi connectivity index (χ1n) is 22.1. The highest BCUT2D eigenvalue weighted by Crippen LogP contribution is 2.49. The van der Waals surface area contributed by atoms with Crippen LogP contribution in [0.25, 0.3) is 65.3 Å². The van der Waals surface area contributed by atoms with E-state index in [4.69, 9.17) is 0 Å². The topological polar surface area (TPSA) is 6.48 Å². The summed E-state index contributed by atoms with van der Waals surface area (Å²) in [6.45, 7) is 2.15. The fraction of sp³-hybridized carbons (Fsp3) is 0.0323. The Morgan fingerprint density at radius 1 is 0.364 bits per heavy atom. The van der Waals surface area contributed by atoms with Crippen molar-refractivity contribution in [1.82, 2.24) is 0 Å². The van der Waals surface area contributed by atoms with Crippen LogP contribution in [0.5, 0.6) is 0 Å². The van der Waals surface area contributed by atoms with Crippen LogP contribution in [0.2, 0.25) is 0 Å². The van der Waals surface area contributed by atoms with Gasteiger partial charge in [0.25, 0.3) is 0 Å². The molecule has 0 aliphatic carbocycles. The average molecular weight is 885 g/mol. The number of nitrogens with zero attached hydrogens (tertiary/aromatic N) is 2. The Labute approximate surface area is 395 Å². The molecule has 11 rings (SSSR count). The van der Waals surface area contributed by atoms with Gasteiger partial charge in [0, 0.05) is 38.4 Å². The van der Waals surface area contributed by atoms with Gasteiger partial charge in [0.15, 0.2) is 0 Å². The van der Waals surface area contributed by atoms with E-state index < -0.39 is 0 Å². The van der Waals surface area contributed by atoms with Crippen molar-refractivity contribution in [3.8, 4) is 22.3 Å². The Morgan fingerprint density at radius 2 is 0.742 bits per heavy atom. The Balaban J connectivity index is 0.00000252. The van der Waals surface area contributed by atoms with Gasteiger partial charge >= 0.3 is 0 Å². The van der Waals surface area contributed by atoms with Gasteiger partial charge in [-0.2, -0.15) is 10.5 Å². The number of rotatable bonds is 9. The smallest absolute Gasteiger partial charge is 0.0540 e. The highest BCUT2D eigenvalue weighted by Gasteiger charge is 2.23. The quantitative estimate of drug-likeness (QED) is 0.105. The predicted octanol–water partition coefficient (Wildman–Crippen LogP) is 18.2. The first kappa shape index (κ1) is 42.3. The number of aryl methyl sites for hydroxylation is 1. The minimum Gasteiger partial charge on any atom is -0.310 e. The van der Waals surface area contributed by atoms with Crippen LogP contribution in [0.3, 0.4) is 0 Å². The van der Waals surface area contributed by atoms with Crippen LogP contribution in [0.15, 0.2) is 235 Å². The minimum absolute atomic E-state index is 0.0949. The molecule has 0 saturated carbocycles. The molecule has 0 N–H and O–H groups in total. The third kappa shape index (κ3) is 7.85. The van der Waals surface area contributed by atoms with Gasteiger partial charge in [-0.15, -0.1) is 0 Å². The Kier molecular flexibility index (Phi) is 11.8. The molecule has 0 heterocycles. The maximum Gasteiger partial charge on any atom is 0.0540 e. The van der Waals surface area contributed by atoms with Crippen molar-refractivity contribution in [2.24, 2.45) is 0 Å². The second-order valence-corrected chi connectivity index (χ2v) is 18.3. The van der Waals surface area contributed by atoms with Crippen molar-refractivity contribution in [2.75, 3.05) is 16.1 Å². The van der Waals surface area contributed by atoms with Gasteiger partial charge in [0.05, 0.1) is 11.4 Å². The largest absolute Gasteiger partial charge is 0.310 e. The van der Waals surface area contributed by atoms with E-state index >= 15 is 0 Å². The molecule has 0 amide bonds. The summed E-state index contributed by atoms with van der Waals surface area (Å²) in [5, 5.41) is 9.62. The summed E-state index contributed by atoms with van der Waals surface area (Å²) in [4.78, 5) is 6.09. The number of hydrogen-bond acceptors (Lipinski definition) is 3. The molecule has 318 valence electrons. The Morgan fingerprint density at radius 3 is 1.18 bits per heavy atom. The fourth-order valence-electron chi connectivity index (χ4n) is 9.50. The molecule has 0 aromatic heterocycles. The molecular weight excluding hydrogens is 837 g/mol. The lowest BCUT2D eigenvalue weighted by Gasteiger charge is -2.29. The lowest BCUT2D eigenvalue weighted by molar-refractivity contribution is 1.29. The van der Waals surface area contributed by atoms with Crippen LogP contribution >= 0.6 is 22.7 Å². The van der Waals surface area contributed by atoms with Crippen molar-refractivity contribution < 1.29 is 0 Å². The summed E-state index contributed by atoms with van der Waals surface area (Å²) >= 11 is 3.83. The van der Waals surface area contributed by atoms with Crippen LogP contribution in [-0.2, 0) is 0 Å². The molecule has 0 bridgehead atoms. The molecule has 0 aliphatic rings. The third-order valence-electron chi connectivity index (χ3n) is 12.5. The molecule has 0 aliphatic heterocycles. The van der Waals surface area contributed by atoms with Gasteiger partial charge in [0.2, 0.25) is 0 Å². The number of hydrogen-bond donors (Lipinski definition) is 0. The van der Waals surface area contributed by atoms with Gasteiger partial charge in [-0.1, -0.05) is 181 Å². The molecule has 1 atom stereocenters. The fourth-order valence-corrected chi connectivity index (χ4v) is 10.1. The summed E-state index contributed by atoms with van der Waals surface area (Å²) in [7, 11) is -0.0949. The van der Waals surface area contributed by atoms with E-state index in [1.165, 1.54) is 75.8 Å². The van der Waals surface area contributed by atoms with Gasteiger partial charge in [-0.25, -0.2) is 0 Å². The van der Waals surface area contributed by atoms with E-state index in [1.807, 2.05) is 0 Å². The van der Waals surface area contributed by atoms with Crippen LogP contribution in [-0.4, -0.2) is 18.0 Å². The number of fused-ring (bicyclic) bond motifs is 4. The highest BCUT2D eigenvalue weighted by atomic mass is 32.2. The number of anilines is 6. The zero-order valence-corrected chi connectivity index (χ0v) is 38.7. The number of benzene rings is 11. The van der Waals surface area contributed by atoms with E-state index in [0.717, 1.165) is 34.1 Å². The SMILES string of the molecule is C=S.C=S(C)c1ccc(N(c2ccc3c(-c4ccccc4)c4cc(N(c5ccc(C)cc5)c5cccc6ccccc56)ccc4c(-c4ccccc4)c3c2)c2cccc3ccccc23)cc1. The predicted molar refractivity (Wildman–Crippen MR) is 295 cm³/mol. The van der Waals surface area contributed by atoms with Gasteiger partial charge in [-0.05, 0) is 146 Å². The monoisotopic (exact) mass is 884 g/mol. The lowest BCUT2D eigenvalue weighted by atomic mass is 9.85. The maximum atomic E-state index is 4.34. The zero-order chi connectivity index (χ0) is 45.1. The molecule has 4 heteroatoms. The van der Waals surface area contributed by atoms with E-state index in [2.05, 4.69) is 277 Å². The molecule has 11 aromatic carbocycles. The van der Waals surface area contributed by atoms with E-state index in [1.54, 1.807) is 0 Å². The standard InChI is InChI=1S/C61H46N2S.CH2S/c1-42-28-30-47(31-29-42)62(58-26-14-22-43-16-10-12-24-52(43)58)49-34-38-54-56(40-49)60(45-18-6-4-7-19-45)55-39-35-50(41-57(55)61(54)46-20-8-5-9-21-46)63(48-32-36-51(37-33-48)64(2)3)59-27-15-23-44-17-11-13-25-53(44)59;1-2/h4-41H,2H2,1,3H3;1H2. The highest BCUT2D eigenvalue weighted by molar-refractivity contribution is 8.13. The molecule has 0 saturated heterocycles. The van der Waals surface area contributed by atoms with Crippen molar-refractivity contribution >= 4 is 112 Å². The van der Waals surface area contributed by atoms with Gasteiger partial charge in [0.1, 0.15) is 0 Å². The molecular formula is C62H48N2S2. The van der Waals surface area contributed by atoms with Crippen LogP contribution in [0.1, 0.15) is 5.56 Å². The van der Waals surface area contributed by atoms with Crippen molar-refractivity contribution in [1.29, 1.82) is 0 Å². The van der Waals surface area contributed by atoms with E-state index in [9.17, 15) is 0 Å². The van der Waals surface area contributed by atoms with Crippen molar-refractivity contribution in [3.63, 3.8) is 0 Å². The summed E-state index contributed by atoms with van der Waals surface area (Å²) in [5.74, 6) is 7.18. The summed E-state index contributed by atoms with van der Waals surface area (Å²) in [6.07, 6.45) is 2.17. The average Bonchev–Trinajstić information content (AvgIpc) is 3.37. The normalized spacial score (nSPS) is 11.6. The summed E-state index contributed by atoms with van der Waals surface area (Å²) in [6, 6.07) is 84.6. The first-order valence-corrected chi connectivity index (χ1v) is 24.5. The van der Waals surface area contributed by atoms with Crippen LogP contribution in [0, 0.1) is 6.92 Å². The summed E-state index contributed by atoms with van der Waals surface area (Å²) in [5.41, 5.74) is 12.7. The first-order chi connectivity index (χ1) is 32.5. The van der Waals surface area contributed by atoms with E-state index in [0.29, 0.717) is 0 Å². The summed E-state index contributed by atoms with van der Waals surface area (Å²) < 4.78 is 0. The molecule has 0 spiro atoms. The molecule has 2 nitrogen and oxygen atoms in total. The molecule has 0 fully saturated rings. The number of thiocarbonyl (C=S) groups is 1. The molecule has 1 unspecified atom stereocenters. The van der Waals surface area contributed by atoms with Gasteiger partial charge in [-0.3, -0.25) is 0 Å². The van der Waals surface area contributed by atoms with Crippen LogP contribution < -0.4 is 9.80 Å². The van der Waals surface area contributed by atoms with Gasteiger partial charge < -0.3 is 9.80 Å². The molecule has 11 aromatic rings. The lowest BCUT2D eigenvalue weighted by Crippen LogP contribution is -2.11. The second-order valence-electron chi connectivity index (χ2n) is 16.6. The van der Waals surface area contributed by atoms with Crippen molar-refractivity contribution in [2.45, 2.75) is 11.8 Å².